The van der Waals surface area contributed by atoms with E-state index in [1.54, 1.807) is 37.3 Å². The van der Waals surface area contributed by atoms with Crippen LogP contribution in [0.4, 0.5) is 17.1 Å². The number of nitrogens with one attached hydrogen (secondary N) is 1. The summed E-state index contributed by atoms with van der Waals surface area (Å²) in [5.41, 5.74) is 2.30. The first-order valence-corrected chi connectivity index (χ1v) is 10.8. The van der Waals surface area contributed by atoms with Gasteiger partial charge in [-0.15, -0.1) is 0 Å². The molecule has 0 aliphatic carbocycles. The molecule has 3 rings (SSSR count). The topological polar surface area (TPSA) is 110 Å². The van der Waals surface area contributed by atoms with Crippen molar-refractivity contribution < 1.29 is 18.1 Å². The van der Waals surface area contributed by atoms with Crippen molar-refractivity contribution >= 4 is 33.0 Å². The molecule has 0 aromatic heterocycles. The maximum absolute atomic E-state index is 12.9. The molecule has 31 heavy (non-hydrogen) atoms. The van der Waals surface area contributed by atoms with Crippen molar-refractivity contribution in [2.75, 3.05) is 16.7 Å². The van der Waals surface area contributed by atoms with Crippen LogP contribution in [0, 0.1) is 24.0 Å². The lowest BCUT2D eigenvalue weighted by atomic mass is 10.1. The number of carbonyl (C=O) groups is 1. The van der Waals surface area contributed by atoms with Crippen LogP contribution in [0.1, 0.15) is 21.5 Å². The Bertz CT molecular complexity index is 1250. The largest absolute Gasteiger partial charge is 0.321 e. The fourth-order valence-electron chi connectivity index (χ4n) is 2.90. The van der Waals surface area contributed by atoms with Gasteiger partial charge in [0.05, 0.1) is 21.2 Å². The predicted molar refractivity (Wildman–Crippen MR) is 119 cm³/mol. The molecule has 0 heterocycles. The first-order chi connectivity index (χ1) is 14.6. The number of non-ortho nitro benzene ring substituents is 1. The van der Waals surface area contributed by atoms with E-state index in [2.05, 4.69) is 5.32 Å². The first-order valence-electron chi connectivity index (χ1n) is 9.31. The van der Waals surface area contributed by atoms with E-state index < -0.39 is 20.9 Å². The molecule has 160 valence electrons. The molecular weight excluding hydrogens is 418 g/mol. The molecule has 0 spiro atoms. The van der Waals surface area contributed by atoms with Gasteiger partial charge in [-0.05, 0) is 49.7 Å². The average Bonchev–Trinajstić information content (AvgIpc) is 2.75. The van der Waals surface area contributed by atoms with Crippen LogP contribution < -0.4 is 9.62 Å². The van der Waals surface area contributed by atoms with E-state index in [4.69, 9.17) is 0 Å². The van der Waals surface area contributed by atoms with Gasteiger partial charge in [-0.1, -0.05) is 29.8 Å². The van der Waals surface area contributed by atoms with Crippen LogP contribution in [0.25, 0.3) is 0 Å². The Balaban J connectivity index is 1.87. The molecule has 1 amide bonds. The Morgan fingerprint density at radius 2 is 1.68 bits per heavy atom. The van der Waals surface area contributed by atoms with Gasteiger partial charge in [-0.25, -0.2) is 8.42 Å². The molecular formula is C22H21N3O5S. The second kappa shape index (κ2) is 8.57. The number of nitro benzene ring substituents is 1. The Hall–Kier alpha value is -3.72. The second-order valence-electron chi connectivity index (χ2n) is 7.05. The number of aryl methyl sites for hydroxylation is 2. The lowest BCUT2D eigenvalue weighted by molar-refractivity contribution is -0.384. The van der Waals surface area contributed by atoms with E-state index in [0.29, 0.717) is 16.9 Å². The molecule has 9 heteroatoms. The van der Waals surface area contributed by atoms with E-state index in [0.717, 1.165) is 9.87 Å². The van der Waals surface area contributed by atoms with Crippen molar-refractivity contribution in [2.24, 2.45) is 0 Å². The molecule has 0 atom stereocenters. The fourth-order valence-corrected chi connectivity index (χ4v) is 4.09. The van der Waals surface area contributed by atoms with Gasteiger partial charge in [0.2, 0.25) is 0 Å². The van der Waals surface area contributed by atoms with E-state index >= 15 is 0 Å². The first kappa shape index (κ1) is 22.0. The normalized spacial score (nSPS) is 11.1. The third-order valence-electron chi connectivity index (χ3n) is 4.83. The Kier molecular flexibility index (Phi) is 6.07. The van der Waals surface area contributed by atoms with Gasteiger partial charge in [-0.2, -0.15) is 0 Å². The Morgan fingerprint density at radius 3 is 2.32 bits per heavy atom. The number of anilines is 2. The molecule has 0 bridgehead atoms. The van der Waals surface area contributed by atoms with Gasteiger partial charge in [0, 0.05) is 24.7 Å². The van der Waals surface area contributed by atoms with E-state index in [9.17, 15) is 23.3 Å². The molecule has 1 N–H and O–H groups in total. The molecule has 0 fully saturated rings. The molecule has 0 aliphatic heterocycles. The molecule has 0 saturated carbocycles. The SMILES string of the molecule is Cc1ccc(S(=O)(=O)N(C)c2cccc(C(=O)Nc3cc([N+](=O)[O-])ccc3C)c2)cc1. The summed E-state index contributed by atoms with van der Waals surface area (Å²) in [6, 6.07) is 16.8. The number of rotatable bonds is 6. The van der Waals surface area contributed by atoms with Crippen LogP contribution in [0.3, 0.4) is 0 Å². The molecule has 0 saturated heterocycles. The minimum atomic E-state index is -3.81. The maximum Gasteiger partial charge on any atom is 0.271 e. The number of nitrogens with zero attached hydrogens (tertiary/aromatic N) is 2. The summed E-state index contributed by atoms with van der Waals surface area (Å²) in [5.74, 6) is -0.508. The summed E-state index contributed by atoms with van der Waals surface area (Å²) >= 11 is 0. The Morgan fingerprint density at radius 1 is 1.00 bits per heavy atom. The number of nitro groups is 1. The number of benzene rings is 3. The van der Waals surface area contributed by atoms with E-state index in [-0.39, 0.29) is 16.1 Å². The summed E-state index contributed by atoms with van der Waals surface area (Å²) in [7, 11) is -2.39. The average molecular weight is 439 g/mol. The van der Waals surface area contributed by atoms with Crippen LogP contribution >= 0.6 is 0 Å². The molecule has 0 aliphatic rings. The smallest absolute Gasteiger partial charge is 0.271 e. The molecule has 3 aromatic rings. The number of hydrogen-bond acceptors (Lipinski definition) is 5. The molecule has 3 aromatic carbocycles. The predicted octanol–water partition coefficient (Wildman–Crippen LogP) is 4.29. The highest BCUT2D eigenvalue weighted by Gasteiger charge is 2.22. The van der Waals surface area contributed by atoms with Crippen molar-refractivity contribution in [3.05, 3.63) is 93.5 Å². The van der Waals surface area contributed by atoms with Gasteiger partial charge in [0.25, 0.3) is 21.6 Å². The zero-order valence-electron chi connectivity index (χ0n) is 17.2. The lowest BCUT2D eigenvalue weighted by Gasteiger charge is -2.20. The molecule has 0 unspecified atom stereocenters. The summed E-state index contributed by atoms with van der Waals surface area (Å²) in [4.78, 5) is 23.3. The quantitative estimate of drug-likeness (QED) is 0.455. The zero-order chi connectivity index (χ0) is 22.8. The van der Waals surface area contributed by atoms with Gasteiger partial charge in [-0.3, -0.25) is 19.2 Å². The second-order valence-corrected chi connectivity index (χ2v) is 9.02. The number of sulfonamides is 1. The standard InChI is InChI=1S/C22H21N3O5S/c1-15-7-11-20(12-8-15)31(29,30)24(3)18-6-4-5-17(13-18)22(26)23-21-14-19(25(27)28)10-9-16(21)2/h4-14H,1-3H3,(H,23,26). The highest BCUT2D eigenvalue weighted by molar-refractivity contribution is 7.92. The summed E-state index contributed by atoms with van der Waals surface area (Å²) in [5, 5.41) is 13.7. The van der Waals surface area contributed by atoms with Crippen molar-refractivity contribution in [2.45, 2.75) is 18.7 Å². The van der Waals surface area contributed by atoms with Crippen LogP contribution in [-0.2, 0) is 10.0 Å². The van der Waals surface area contributed by atoms with Crippen LogP contribution in [0.15, 0.2) is 71.6 Å². The van der Waals surface area contributed by atoms with E-state index in [1.807, 2.05) is 6.92 Å². The van der Waals surface area contributed by atoms with Crippen LogP contribution in [0.5, 0.6) is 0 Å². The molecule has 8 nitrogen and oxygen atoms in total. The van der Waals surface area contributed by atoms with Gasteiger partial charge in [0.1, 0.15) is 0 Å². The molecule has 0 radical (unpaired) electrons. The van der Waals surface area contributed by atoms with Crippen molar-refractivity contribution in [3.8, 4) is 0 Å². The third kappa shape index (κ3) is 4.72. The van der Waals surface area contributed by atoms with Crippen LogP contribution in [-0.4, -0.2) is 26.3 Å². The monoisotopic (exact) mass is 439 g/mol. The summed E-state index contributed by atoms with van der Waals surface area (Å²) in [6.45, 7) is 3.59. The van der Waals surface area contributed by atoms with Gasteiger partial charge >= 0.3 is 0 Å². The highest BCUT2D eigenvalue weighted by atomic mass is 32.2. The van der Waals surface area contributed by atoms with Crippen molar-refractivity contribution in [1.82, 2.24) is 0 Å². The van der Waals surface area contributed by atoms with Gasteiger partial charge < -0.3 is 5.32 Å². The third-order valence-corrected chi connectivity index (χ3v) is 6.63. The fraction of sp³-hybridized carbons (Fsp3) is 0.136. The van der Waals surface area contributed by atoms with Crippen molar-refractivity contribution in [3.63, 3.8) is 0 Å². The highest BCUT2D eigenvalue weighted by Crippen LogP contribution is 2.25. The van der Waals surface area contributed by atoms with Crippen LogP contribution in [0.2, 0.25) is 0 Å². The maximum atomic E-state index is 12.9. The van der Waals surface area contributed by atoms with E-state index in [1.165, 1.54) is 43.4 Å². The number of carbonyl (C=O) groups excluding carboxylic acids is 1. The number of hydrogen-bond donors (Lipinski definition) is 1. The Labute approximate surface area is 180 Å². The lowest BCUT2D eigenvalue weighted by Crippen LogP contribution is -2.27. The minimum Gasteiger partial charge on any atom is -0.321 e. The van der Waals surface area contributed by atoms with Crippen molar-refractivity contribution in [1.29, 1.82) is 0 Å². The van der Waals surface area contributed by atoms with Gasteiger partial charge in [0.15, 0.2) is 0 Å². The minimum absolute atomic E-state index is 0.140. The summed E-state index contributed by atoms with van der Waals surface area (Å²) in [6.07, 6.45) is 0. The summed E-state index contributed by atoms with van der Waals surface area (Å²) < 4.78 is 27.0. The number of amides is 1. The zero-order valence-corrected chi connectivity index (χ0v) is 18.0.